The second kappa shape index (κ2) is 5.98. The lowest BCUT2D eigenvalue weighted by Gasteiger charge is -2.24. The molecule has 0 bridgehead atoms. The van der Waals surface area contributed by atoms with Crippen LogP contribution in [0.15, 0.2) is 23.1 Å². The van der Waals surface area contributed by atoms with Crippen LogP contribution >= 0.6 is 0 Å². The van der Waals surface area contributed by atoms with Crippen LogP contribution in [0.2, 0.25) is 0 Å². The van der Waals surface area contributed by atoms with Crippen LogP contribution in [0.25, 0.3) is 0 Å². The molecule has 1 aromatic rings. The summed E-state index contributed by atoms with van der Waals surface area (Å²) in [5.41, 5.74) is 1.10. The van der Waals surface area contributed by atoms with E-state index in [1.165, 1.54) is 0 Å². The lowest BCUT2D eigenvalue weighted by molar-refractivity contribution is 0.387. The Morgan fingerprint density at radius 2 is 2.12 bits per heavy atom. The third-order valence-electron chi connectivity index (χ3n) is 2.43. The van der Waals surface area contributed by atoms with Gasteiger partial charge in [0.05, 0.1) is 0 Å². The van der Waals surface area contributed by atoms with E-state index in [1.54, 1.807) is 12.3 Å². The highest BCUT2D eigenvalue weighted by Crippen LogP contribution is 1.99. The Labute approximate surface area is 103 Å². The van der Waals surface area contributed by atoms with E-state index >= 15 is 0 Å². The largest absolute Gasteiger partial charge is 0.329 e. The number of aromatic amines is 1. The van der Waals surface area contributed by atoms with E-state index in [9.17, 15) is 4.79 Å². The molecule has 0 amide bonds. The fourth-order valence-corrected chi connectivity index (χ4v) is 1.42. The summed E-state index contributed by atoms with van der Waals surface area (Å²) in [6, 6.07) is 3.91. The van der Waals surface area contributed by atoms with Gasteiger partial charge in [-0.1, -0.05) is 0 Å². The minimum atomic E-state index is -0.0511. The molecule has 1 rings (SSSR count). The Morgan fingerprint density at radius 3 is 2.71 bits per heavy atom. The first-order valence-corrected chi connectivity index (χ1v) is 6.03. The average Bonchev–Trinajstić information content (AvgIpc) is 2.23. The first-order chi connectivity index (χ1) is 7.87. The van der Waals surface area contributed by atoms with Crippen molar-refractivity contribution in [1.29, 1.82) is 0 Å². The van der Waals surface area contributed by atoms with E-state index in [2.05, 4.69) is 43.3 Å². The monoisotopic (exact) mass is 237 g/mol. The van der Waals surface area contributed by atoms with Crippen molar-refractivity contribution in [2.45, 2.75) is 45.8 Å². The molecule has 4 nitrogen and oxygen atoms in total. The van der Waals surface area contributed by atoms with Gasteiger partial charge in [-0.2, -0.15) is 0 Å². The normalized spacial score (nSPS) is 13.6. The molecule has 0 aromatic carbocycles. The number of rotatable bonds is 5. The maximum absolute atomic E-state index is 11.1. The van der Waals surface area contributed by atoms with Gasteiger partial charge in [-0.05, 0) is 39.3 Å². The van der Waals surface area contributed by atoms with Crippen molar-refractivity contribution in [2.24, 2.45) is 0 Å². The smallest absolute Gasteiger partial charge is 0.248 e. The SMILES string of the molecule is CC(CNC(C)(C)C)NCc1cc[nH]c(=O)c1. The first-order valence-electron chi connectivity index (χ1n) is 6.03. The van der Waals surface area contributed by atoms with Gasteiger partial charge < -0.3 is 15.6 Å². The summed E-state index contributed by atoms with van der Waals surface area (Å²) >= 11 is 0. The van der Waals surface area contributed by atoms with Gasteiger partial charge in [0.1, 0.15) is 0 Å². The highest BCUT2D eigenvalue weighted by molar-refractivity contribution is 5.09. The van der Waals surface area contributed by atoms with E-state index in [1.807, 2.05) is 6.07 Å². The Bertz CT molecular complexity index is 392. The van der Waals surface area contributed by atoms with Crippen LogP contribution in [-0.4, -0.2) is 23.1 Å². The number of pyridine rings is 1. The summed E-state index contributed by atoms with van der Waals surface area (Å²) in [4.78, 5) is 13.7. The molecule has 0 spiro atoms. The summed E-state index contributed by atoms with van der Waals surface area (Å²) in [6.45, 7) is 10.2. The number of hydrogen-bond acceptors (Lipinski definition) is 3. The highest BCUT2D eigenvalue weighted by atomic mass is 16.1. The van der Waals surface area contributed by atoms with Gasteiger partial charge in [0.2, 0.25) is 5.56 Å². The molecule has 1 atom stereocenters. The molecule has 96 valence electrons. The number of H-pyrrole nitrogens is 1. The number of nitrogens with one attached hydrogen (secondary N) is 3. The van der Waals surface area contributed by atoms with Gasteiger partial charge in [-0.25, -0.2) is 0 Å². The molecule has 0 saturated heterocycles. The topological polar surface area (TPSA) is 56.9 Å². The summed E-state index contributed by atoms with van der Waals surface area (Å²) in [5.74, 6) is 0. The van der Waals surface area contributed by atoms with Crippen LogP contribution in [0, 0.1) is 0 Å². The zero-order valence-corrected chi connectivity index (χ0v) is 11.1. The van der Waals surface area contributed by atoms with Crippen molar-refractivity contribution in [1.82, 2.24) is 15.6 Å². The zero-order valence-electron chi connectivity index (χ0n) is 11.1. The minimum Gasteiger partial charge on any atom is -0.329 e. The van der Waals surface area contributed by atoms with E-state index in [4.69, 9.17) is 0 Å². The average molecular weight is 237 g/mol. The molecule has 1 unspecified atom stereocenters. The van der Waals surface area contributed by atoms with Gasteiger partial charge in [-0.3, -0.25) is 4.79 Å². The van der Waals surface area contributed by atoms with E-state index in [0.717, 1.165) is 18.7 Å². The molecule has 0 radical (unpaired) electrons. The third-order valence-corrected chi connectivity index (χ3v) is 2.43. The molecule has 1 heterocycles. The second-order valence-electron chi connectivity index (χ2n) is 5.47. The quantitative estimate of drug-likeness (QED) is 0.722. The van der Waals surface area contributed by atoms with Gasteiger partial charge in [-0.15, -0.1) is 0 Å². The lowest BCUT2D eigenvalue weighted by Crippen LogP contribution is -2.44. The minimum absolute atomic E-state index is 0.0511. The molecule has 17 heavy (non-hydrogen) atoms. The maximum Gasteiger partial charge on any atom is 0.248 e. The van der Waals surface area contributed by atoms with Gasteiger partial charge >= 0.3 is 0 Å². The maximum atomic E-state index is 11.1. The summed E-state index contributed by atoms with van der Waals surface area (Å²) < 4.78 is 0. The molecule has 0 aliphatic carbocycles. The second-order valence-corrected chi connectivity index (χ2v) is 5.47. The first kappa shape index (κ1) is 13.9. The van der Waals surface area contributed by atoms with Crippen molar-refractivity contribution in [3.8, 4) is 0 Å². The number of aromatic nitrogens is 1. The fraction of sp³-hybridized carbons (Fsp3) is 0.615. The summed E-state index contributed by atoms with van der Waals surface area (Å²) in [7, 11) is 0. The molecular weight excluding hydrogens is 214 g/mol. The molecule has 0 aliphatic heterocycles. The van der Waals surface area contributed by atoms with Gasteiger partial charge in [0.25, 0.3) is 0 Å². The Kier molecular flexibility index (Phi) is 4.90. The van der Waals surface area contributed by atoms with Crippen molar-refractivity contribution >= 4 is 0 Å². The van der Waals surface area contributed by atoms with Crippen LogP contribution in [0.3, 0.4) is 0 Å². The van der Waals surface area contributed by atoms with E-state index < -0.39 is 0 Å². The molecule has 3 N–H and O–H groups in total. The standard InChI is InChI=1S/C13H23N3O/c1-10(8-16-13(2,3)4)15-9-11-5-6-14-12(17)7-11/h5-7,10,15-16H,8-9H2,1-4H3,(H,14,17). The third kappa shape index (κ3) is 6.24. The predicted octanol–water partition coefficient (Wildman–Crippen LogP) is 1.24. The molecule has 1 aromatic heterocycles. The van der Waals surface area contributed by atoms with Gasteiger partial charge in [0.15, 0.2) is 0 Å². The Hall–Kier alpha value is -1.13. The van der Waals surface area contributed by atoms with Crippen LogP contribution < -0.4 is 16.2 Å². The molecule has 0 aliphatic rings. The van der Waals surface area contributed by atoms with E-state index in [0.29, 0.717) is 6.04 Å². The van der Waals surface area contributed by atoms with Crippen molar-refractivity contribution in [2.75, 3.05) is 6.54 Å². The Morgan fingerprint density at radius 1 is 1.41 bits per heavy atom. The molecule has 0 fully saturated rings. The fourth-order valence-electron chi connectivity index (χ4n) is 1.42. The van der Waals surface area contributed by atoms with Crippen LogP contribution in [0.5, 0.6) is 0 Å². The van der Waals surface area contributed by atoms with Crippen LogP contribution in [0.1, 0.15) is 33.3 Å². The predicted molar refractivity (Wildman–Crippen MR) is 71.1 cm³/mol. The highest BCUT2D eigenvalue weighted by Gasteiger charge is 2.10. The molecule has 0 saturated carbocycles. The van der Waals surface area contributed by atoms with Gasteiger partial charge in [0, 0.05) is 36.9 Å². The summed E-state index contributed by atoms with van der Waals surface area (Å²) in [5, 5.41) is 6.82. The zero-order chi connectivity index (χ0) is 12.9. The van der Waals surface area contributed by atoms with Crippen molar-refractivity contribution < 1.29 is 0 Å². The van der Waals surface area contributed by atoms with Crippen molar-refractivity contribution in [3.05, 3.63) is 34.2 Å². The molecule has 4 heteroatoms. The summed E-state index contributed by atoms with van der Waals surface area (Å²) in [6.07, 6.45) is 1.68. The van der Waals surface area contributed by atoms with Crippen molar-refractivity contribution in [3.63, 3.8) is 0 Å². The van der Waals surface area contributed by atoms with E-state index in [-0.39, 0.29) is 11.1 Å². The van der Waals surface area contributed by atoms with Crippen LogP contribution in [-0.2, 0) is 6.54 Å². The Balaban J connectivity index is 2.33. The van der Waals surface area contributed by atoms with Crippen LogP contribution in [0.4, 0.5) is 0 Å². The lowest BCUT2D eigenvalue weighted by atomic mass is 10.1. The number of hydrogen-bond donors (Lipinski definition) is 3. The molecular formula is C13H23N3O.